The lowest BCUT2D eigenvalue weighted by molar-refractivity contribution is 0.414. The summed E-state index contributed by atoms with van der Waals surface area (Å²) in [6.45, 7) is 0.247. The standard InChI is InChI=1S/C18H21NO3S/c1-22-17-8-4-5-14(11-17)13-19-23(20,21)18-10-9-15-6-2-3-7-16(15)12-18/h4-5,8-12,19H,2-3,6-7,13H2,1H3. The highest BCUT2D eigenvalue weighted by molar-refractivity contribution is 7.89. The van der Waals surface area contributed by atoms with Crippen LogP contribution in [0.25, 0.3) is 0 Å². The van der Waals surface area contributed by atoms with Gasteiger partial charge in [-0.05, 0) is 66.6 Å². The quantitative estimate of drug-likeness (QED) is 0.916. The smallest absolute Gasteiger partial charge is 0.240 e. The molecule has 0 heterocycles. The summed E-state index contributed by atoms with van der Waals surface area (Å²) in [6, 6.07) is 12.9. The molecule has 0 unspecified atom stereocenters. The maximum Gasteiger partial charge on any atom is 0.240 e. The van der Waals surface area contributed by atoms with E-state index in [1.165, 1.54) is 17.5 Å². The number of hydrogen-bond donors (Lipinski definition) is 1. The van der Waals surface area contributed by atoms with Crippen LogP contribution in [-0.4, -0.2) is 15.5 Å². The number of fused-ring (bicyclic) bond motifs is 1. The summed E-state index contributed by atoms with van der Waals surface area (Å²) in [5.74, 6) is 0.718. The van der Waals surface area contributed by atoms with Gasteiger partial charge in [0.2, 0.25) is 10.0 Å². The first-order chi connectivity index (χ1) is 11.1. The molecule has 122 valence electrons. The lowest BCUT2D eigenvalue weighted by Crippen LogP contribution is -2.23. The zero-order chi connectivity index (χ0) is 16.3. The molecule has 0 amide bonds. The number of aryl methyl sites for hydroxylation is 2. The second kappa shape index (κ2) is 6.72. The zero-order valence-electron chi connectivity index (χ0n) is 13.2. The fourth-order valence-electron chi connectivity index (χ4n) is 2.92. The van der Waals surface area contributed by atoms with Gasteiger partial charge in [-0.25, -0.2) is 13.1 Å². The molecule has 23 heavy (non-hydrogen) atoms. The van der Waals surface area contributed by atoms with Gasteiger partial charge in [0.25, 0.3) is 0 Å². The molecule has 3 rings (SSSR count). The Kier molecular flexibility index (Phi) is 4.68. The molecule has 1 aliphatic carbocycles. The molecule has 0 spiro atoms. The average molecular weight is 331 g/mol. The Bertz CT molecular complexity index is 800. The van der Waals surface area contributed by atoms with Gasteiger partial charge in [-0.15, -0.1) is 0 Å². The summed E-state index contributed by atoms with van der Waals surface area (Å²) in [7, 11) is -1.91. The van der Waals surface area contributed by atoms with Crippen LogP contribution in [0.2, 0.25) is 0 Å². The van der Waals surface area contributed by atoms with E-state index in [4.69, 9.17) is 4.74 Å². The van der Waals surface area contributed by atoms with Crippen molar-refractivity contribution in [3.05, 3.63) is 59.2 Å². The van der Waals surface area contributed by atoms with E-state index in [1.807, 2.05) is 36.4 Å². The van der Waals surface area contributed by atoms with Crippen LogP contribution < -0.4 is 9.46 Å². The van der Waals surface area contributed by atoms with E-state index < -0.39 is 10.0 Å². The molecule has 0 bridgehead atoms. The molecule has 2 aromatic rings. The van der Waals surface area contributed by atoms with Crippen LogP contribution in [0, 0.1) is 0 Å². The first kappa shape index (κ1) is 16.0. The molecule has 1 N–H and O–H groups in total. The van der Waals surface area contributed by atoms with Crippen molar-refractivity contribution >= 4 is 10.0 Å². The summed E-state index contributed by atoms with van der Waals surface area (Å²) < 4.78 is 32.8. The van der Waals surface area contributed by atoms with Gasteiger partial charge in [-0.2, -0.15) is 0 Å². The van der Waals surface area contributed by atoms with Gasteiger partial charge in [-0.1, -0.05) is 18.2 Å². The second-order valence-electron chi connectivity index (χ2n) is 5.81. The van der Waals surface area contributed by atoms with E-state index in [9.17, 15) is 8.42 Å². The van der Waals surface area contributed by atoms with Gasteiger partial charge in [-0.3, -0.25) is 0 Å². The van der Waals surface area contributed by atoms with Crippen molar-refractivity contribution in [2.24, 2.45) is 0 Å². The Balaban J connectivity index is 1.76. The molecule has 0 saturated carbocycles. The number of benzene rings is 2. The van der Waals surface area contributed by atoms with Crippen molar-refractivity contribution < 1.29 is 13.2 Å². The predicted octanol–water partition coefficient (Wildman–Crippen LogP) is 3.05. The molecule has 2 aromatic carbocycles. The van der Waals surface area contributed by atoms with E-state index in [1.54, 1.807) is 13.2 Å². The zero-order valence-corrected chi connectivity index (χ0v) is 14.0. The Morgan fingerprint density at radius 3 is 2.61 bits per heavy atom. The number of sulfonamides is 1. The number of hydrogen-bond acceptors (Lipinski definition) is 3. The molecule has 0 radical (unpaired) electrons. The van der Waals surface area contributed by atoms with Crippen molar-refractivity contribution in [3.8, 4) is 5.75 Å². The number of nitrogens with one attached hydrogen (secondary N) is 1. The van der Waals surface area contributed by atoms with Crippen LogP contribution in [-0.2, 0) is 29.4 Å². The molecule has 0 saturated heterocycles. The monoisotopic (exact) mass is 331 g/mol. The number of ether oxygens (including phenoxy) is 1. The van der Waals surface area contributed by atoms with Gasteiger partial charge in [0.05, 0.1) is 12.0 Å². The van der Waals surface area contributed by atoms with Crippen LogP contribution in [0.15, 0.2) is 47.4 Å². The van der Waals surface area contributed by atoms with Crippen LogP contribution in [0.5, 0.6) is 5.75 Å². The molecular formula is C18H21NO3S. The molecule has 0 atom stereocenters. The largest absolute Gasteiger partial charge is 0.497 e. The van der Waals surface area contributed by atoms with E-state index in [2.05, 4.69) is 4.72 Å². The molecule has 5 heteroatoms. The highest BCUT2D eigenvalue weighted by Crippen LogP contribution is 2.24. The third-order valence-corrected chi connectivity index (χ3v) is 5.63. The van der Waals surface area contributed by atoms with Gasteiger partial charge in [0, 0.05) is 6.54 Å². The minimum Gasteiger partial charge on any atom is -0.497 e. The molecular weight excluding hydrogens is 310 g/mol. The minimum atomic E-state index is -3.50. The molecule has 4 nitrogen and oxygen atoms in total. The topological polar surface area (TPSA) is 55.4 Å². The summed E-state index contributed by atoms with van der Waals surface area (Å²) in [6.07, 6.45) is 4.34. The summed E-state index contributed by atoms with van der Waals surface area (Å²) in [5, 5.41) is 0. The highest BCUT2D eigenvalue weighted by Gasteiger charge is 2.17. The van der Waals surface area contributed by atoms with Crippen LogP contribution in [0.1, 0.15) is 29.5 Å². The van der Waals surface area contributed by atoms with Crippen molar-refractivity contribution in [3.63, 3.8) is 0 Å². The first-order valence-corrected chi connectivity index (χ1v) is 9.31. The average Bonchev–Trinajstić information content (AvgIpc) is 2.60. The third-order valence-electron chi connectivity index (χ3n) is 4.23. The summed E-state index contributed by atoms with van der Waals surface area (Å²) in [5.41, 5.74) is 3.31. The van der Waals surface area contributed by atoms with Gasteiger partial charge >= 0.3 is 0 Å². The minimum absolute atomic E-state index is 0.247. The second-order valence-corrected chi connectivity index (χ2v) is 7.58. The lowest BCUT2D eigenvalue weighted by atomic mass is 9.92. The summed E-state index contributed by atoms with van der Waals surface area (Å²) in [4.78, 5) is 0.348. The van der Waals surface area contributed by atoms with Crippen molar-refractivity contribution in [2.45, 2.75) is 37.1 Å². The fraction of sp³-hybridized carbons (Fsp3) is 0.333. The number of methoxy groups -OCH3 is 1. The Morgan fingerprint density at radius 2 is 1.83 bits per heavy atom. The van der Waals surface area contributed by atoms with Crippen molar-refractivity contribution in [1.29, 1.82) is 0 Å². The van der Waals surface area contributed by atoms with Crippen LogP contribution in [0.4, 0.5) is 0 Å². The Morgan fingerprint density at radius 1 is 1.04 bits per heavy atom. The summed E-state index contributed by atoms with van der Waals surface area (Å²) >= 11 is 0. The fourth-order valence-corrected chi connectivity index (χ4v) is 3.99. The molecule has 0 fully saturated rings. The van der Waals surface area contributed by atoms with Gasteiger partial charge in [0.1, 0.15) is 5.75 Å². The van der Waals surface area contributed by atoms with Crippen molar-refractivity contribution in [2.75, 3.05) is 7.11 Å². The van der Waals surface area contributed by atoms with Crippen molar-refractivity contribution in [1.82, 2.24) is 4.72 Å². The SMILES string of the molecule is COc1cccc(CNS(=O)(=O)c2ccc3c(c2)CCCC3)c1. The Hall–Kier alpha value is -1.85. The maximum atomic E-state index is 12.5. The molecule has 0 aromatic heterocycles. The normalized spacial score (nSPS) is 14.3. The number of rotatable bonds is 5. The predicted molar refractivity (Wildman–Crippen MR) is 90.1 cm³/mol. The lowest BCUT2D eigenvalue weighted by Gasteiger charge is -2.16. The Labute approximate surface area is 137 Å². The molecule has 1 aliphatic rings. The first-order valence-electron chi connectivity index (χ1n) is 7.83. The van der Waals surface area contributed by atoms with E-state index in [0.29, 0.717) is 4.90 Å². The third kappa shape index (κ3) is 3.74. The maximum absolute atomic E-state index is 12.5. The molecule has 0 aliphatic heterocycles. The van der Waals surface area contributed by atoms with E-state index >= 15 is 0 Å². The van der Waals surface area contributed by atoms with E-state index in [-0.39, 0.29) is 6.54 Å². The van der Waals surface area contributed by atoms with E-state index in [0.717, 1.165) is 30.6 Å². The highest BCUT2D eigenvalue weighted by atomic mass is 32.2. The van der Waals surface area contributed by atoms with Gasteiger partial charge in [0.15, 0.2) is 0 Å². The van der Waals surface area contributed by atoms with Gasteiger partial charge < -0.3 is 4.74 Å². The van der Waals surface area contributed by atoms with Crippen LogP contribution in [0.3, 0.4) is 0 Å². The van der Waals surface area contributed by atoms with Crippen LogP contribution >= 0.6 is 0 Å².